The summed E-state index contributed by atoms with van der Waals surface area (Å²) in [7, 11) is 1.59. The maximum absolute atomic E-state index is 11.1. The summed E-state index contributed by atoms with van der Waals surface area (Å²) in [4.78, 5) is 11.1. The summed E-state index contributed by atoms with van der Waals surface area (Å²) in [5, 5.41) is 0. The Bertz CT molecular complexity index is 193. The minimum Gasteiger partial charge on any atom is -0.460 e. The van der Waals surface area contributed by atoms with E-state index in [0.717, 1.165) is 0 Å². The molecule has 0 amide bonds. The highest BCUT2D eigenvalue weighted by Gasteiger charge is 2.11. The Kier molecular flexibility index (Phi) is 5.30. The number of carbonyl (C=O) groups is 1. The molecule has 0 aliphatic heterocycles. The summed E-state index contributed by atoms with van der Waals surface area (Å²) >= 11 is 0. The van der Waals surface area contributed by atoms with E-state index < -0.39 is 0 Å². The molecule has 1 rings (SSSR count). The molecule has 0 unspecified atom stereocenters. The maximum Gasteiger partial charge on any atom is 0.330 e. The first-order valence-electron chi connectivity index (χ1n) is 5.17. The fourth-order valence-corrected chi connectivity index (χ4v) is 1.64. The van der Waals surface area contributed by atoms with E-state index in [-0.39, 0.29) is 5.97 Å². The first-order chi connectivity index (χ1) is 6.83. The first-order valence-corrected chi connectivity index (χ1v) is 5.17. The van der Waals surface area contributed by atoms with Gasteiger partial charge in [0.05, 0.1) is 6.61 Å². The molecule has 0 saturated heterocycles. The number of allylic oxidation sites excluding steroid dienone is 1. The molecule has 0 bridgehead atoms. The zero-order valence-corrected chi connectivity index (χ0v) is 8.70. The van der Waals surface area contributed by atoms with Gasteiger partial charge in [0.25, 0.3) is 0 Å². The van der Waals surface area contributed by atoms with E-state index in [1.165, 1.54) is 25.7 Å². The highest BCUT2D eigenvalue weighted by Crippen LogP contribution is 2.25. The van der Waals surface area contributed by atoms with Gasteiger partial charge < -0.3 is 9.47 Å². The highest BCUT2D eigenvalue weighted by molar-refractivity contribution is 5.81. The molecule has 3 heteroatoms. The number of carbonyl (C=O) groups excluding carboxylic acids is 1. The Balaban J connectivity index is 2.12. The van der Waals surface area contributed by atoms with Gasteiger partial charge in [0.2, 0.25) is 0 Å². The molecule has 1 aliphatic rings. The van der Waals surface area contributed by atoms with Crippen molar-refractivity contribution in [1.82, 2.24) is 0 Å². The van der Waals surface area contributed by atoms with Crippen molar-refractivity contribution in [1.29, 1.82) is 0 Å². The molecule has 0 spiro atoms. The minimum atomic E-state index is -0.256. The van der Waals surface area contributed by atoms with E-state index in [4.69, 9.17) is 9.47 Å². The second kappa shape index (κ2) is 6.60. The van der Waals surface area contributed by atoms with Crippen molar-refractivity contribution in [2.45, 2.75) is 25.7 Å². The van der Waals surface area contributed by atoms with Gasteiger partial charge in [-0.05, 0) is 18.8 Å². The molecule has 0 N–H and O–H groups in total. The molecule has 3 nitrogen and oxygen atoms in total. The summed E-state index contributed by atoms with van der Waals surface area (Å²) < 4.78 is 9.66. The third-order valence-electron chi connectivity index (χ3n) is 2.44. The van der Waals surface area contributed by atoms with Crippen molar-refractivity contribution >= 4 is 5.97 Å². The van der Waals surface area contributed by atoms with Crippen molar-refractivity contribution in [2.75, 3.05) is 20.3 Å². The van der Waals surface area contributed by atoms with Crippen LogP contribution in [-0.4, -0.2) is 26.3 Å². The van der Waals surface area contributed by atoms with Gasteiger partial charge in [-0.3, -0.25) is 0 Å². The Morgan fingerprint density at radius 2 is 2.07 bits per heavy atom. The first kappa shape index (κ1) is 11.2. The maximum atomic E-state index is 11.1. The Morgan fingerprint density at radius 1 is 1.36 bits per heavy atom. The quantitative estimate of drug-likeness (QED) is 0.384. The average Bonchev–Trinajstić information content (AvgIpc) is 2.68. The normalized spacial score (nSPS) is 17.8. The van der Waals surface area contributed by atoms with E-state index in [9.17, 15) is 4.79 Å². The monoisotopic (exact) mass is 198 g/mol. The molecular weight excluding hydrogens is 180 g/mol. The van der Waals surface area contributed by atoms with Crippen molar-refractivity contribution < 1.29 is 14.3 Å². The summed E-state index contributed by atoms with van der Waals surface area (Å²) in [5.74, 6) is 0.332. The predicted molar refractivity (Wildman–Crippen MR) is 53.9 cm³/mol. The van der Waals surface area contributed by atoms with Crippen molar-refractivity contribution in [3.63, 3.8) is 0 Å². The molecule has 0 heterocycles. The molecule has 0 radical (unpaired) electrons. The van der Waals surface area contributed by atoms with E-state index >= 15 is 0 Å². The minimum absolute atomic E-state index is 0.256. The molecule has 14 heavy (non-hydrogen) atoms. The van der Waals surface area contributed by atoms with Crippen LogP contribution in [0.4, 0.5) is 0 Å². The van der Waals surface area contributed by atoms with Gasteiger partial charge in [-0.1, -0.05) is 18.9 Å². The fraction of sp³-hybridized carbons (Fsp3) is 0.727. The smallest absolute Gasteiger partial charge is 0.330 e. The molecule has 1 saturated carbocycles. The van der Waals surface area contributed by atoms with Crippen molar-refractivity contribution in [3.8, 4) is 0 Å². The molecular formula is C11H18O3. The van der Waals surface area contributed by atoms with Crippen LogP contribution in [-0.2, 0) is 14.3 Å². The van der Waals surface area contributed by atoms with Crippen LogP contribution in [0.3, 0.4) is 0 Å². The highest BCUT2D eigenvalue weighted by atomic mass is 16.6. The molecule has 0 aromatic rings. The van der Waals surface area contributed by atoms with Crippen molar-refractivity contribution in [2.24, 2.45) is 5.92 Å². The van der Waals surface area contributed by atoms with Crippen LogP contribution in [0, 0.1) is 5.92 Å². The summed E-state index contributed by atoms with van der Waals surface area (Å²) in [6.07, 6.45) is 8.51. The van der Waals surface area contributed by atoms with Gasteiger partial charge in [-0.25, -0.2) is 4.79 Å². The van der Waals surface area contributed by atoms with E-state index in [1.807, 2.05) is 6.08 Å². The lowest BCUT2D eigenvalue weighted by Crippen LogP contribution is -2.07. The summed E-state index contributed by atoms with van der Waals surface area (Å²) in [5.41, 5.74) is 0. The van der Waals surface area contributed by atoms with Crippen LogP contribution in [0.25, 0.3) is 0 Å². The van der Waals surface area contributed by atoms with Crippen LogP contribution in [0.15, 0.2) is 12.2 Å². The second-order valence-corrected chi connectivity index (χ2v) is 3.56. The zero-order chi connectivity index (χ0) is 10.2. The molecule has 1 aliphatic carbocycles. The molecule has 1 fully saturated rings. The Morgan fingerprint density at radius 3 is 2.71 bits per heavy atom. The Labute approximate surface area is 85.1 Å². The second-order valence-electron chi connectivity index (χ2n) is 3.56. The average molecular weight is 198 g/mol. The lowest BCUT2D eigenvalue weighted by atomic mass is 10.1. The van der Waals surface area contributed by atoms with E-state index in [2.05, 4.69) is 0 Å². The van der Waals surface area contributed by atoms with Crippen LogP contribution >= 0.6 is 0 Å². The van der Waals surface area contributed by atoms with Gasteiger partial charge in [-0.2, -0.15) is 0 Å². The molecule has 80 valence electrons. The van der Waals surface area contributed by atoms with Gasteiger partial charge in [0.1, 0.15) is 6.61 Å². The number of rotatable bonds is 5. The van der Waals surface area contributed by atoms with Gasteiger partial charge in [-0.15, -0.1) is 0 Å². The van der Waals surface area contributed by atoms with E-state index in [1.54, 1.807) is 13.2 Å². The summed E-state index contributed by atoms with van der Waals surface area (Å²) in [6.45, 7) is 0.799. The lowest BCUT2D eigenvalue weighted by molar-refractivity contribution is -0.139. The largest absolute Gasteiger partial charge is 0.460 e. The number of hydrogen-bond acceptors (Lipinski definition) is 3. The van der Waals surface area contributed by atoms with Gasteiger partial charge in [0.15, 0.2) is 0 Å². The molecule has 0 aromatic carbocycles. The van der Waals surface area contributed by atoms with Crippen LogP contribution < -0.4 is 0 Å². The predicted octanol–water partition coefficient (Wildman–Crippen LogP) is 1.92. The third kappa shape index (κ3) is 4.42. The fourth-order valence-electron chi connectivity index (χ4n) is 1.64. The number of methoxy groups -OCH3 is 1. The standard InChI is InChI=1S/C11H18O3/c1-13-8-9-14-11(12)7-6-10-4-2-3-5-10/h6-7,10H,2-5,8-9H2,1H3/b7-6-. The third-order valence-corrected chi connectivity index (χ3v) is 2.44. The van der Waals surface area contributed by atoms with Crippen LogP contribution in [0.2, 0.25) is 0 Å². The molecule has 0 aromatic heterocycles. The molecule has 0 atom stereocenters. The van der Waals surface area contributed by atoms with E-state index in [0.29, 0.717) is 19.1 Å². The zero-order valence-electron chi connectivity index (χ0n) is 8.70. The SMILES string of the molecule is COCCOC(=O)/C=C\C1CCCC1. The number of ether oxygens (including phenoxy) is 2. The van der Waals surface area contributed by atoms with Gasteiger partial charge in [0, 0.05) is 13.2 Å². The van der Waals surface area contributed by atoms with Crippen molar-refractivity contribution in [3.05, 3.63) is 12.2 Å². The topological polar surface area (TPSA) is 35.5 Å². The van der Waals surface area contributed by atoms with Crippen LogP contribution in [0.5, 0.6) is 0 Å². The number of esters is 1. The summed E-state index contributed by atoms with van der Waals surface area (Å²) in [6, 6.07) is 0. The number of hydrogen-bond donors (Lipinski definition) is 0. The van der Waals surface area contributed by atoms with Crippen LogP contribution in [0.1, 0.15) is 25.7 Å². The lowest BCUT2D eigenvalue weighted by Gasteiger charge is -2.01. The Hall–Kier alpha value is -0.830. The van der Waals surface area contributed by atoms with Gasteiger partial charge >= 0.3 is 5.97 Å².